The fraction of sp³-hybridized carbons (Fsp3) is 0.111. The number of nitrogens with zero attached hydrogens (tertiary/aromatic N) is 2. The Bertz CT molecular complexity index is 1060. The van der Waals surface area contributed by atoms with Gasteiger partial charge >= 0.3 is 0 Å². The number of fused-ring (bicyclic) bond motifs is 3. The number of benzene rings is 2. The van der Waals surface area contributed by atoms with Crippen molar-refractivity contribution in [3.05, 3.63) is 70.0 Å². The Morgan fingerprint density at radius 2 is 1.82 bits per heavy atom. The highest BCUT2D eigenvalue weighted by atomic mass is 32.1. The van der Waals surface area contributed by atoms with Gasteiger partial charge in [-0.05, 0) is 36.6 Å². The van der Waals surface area contributed by atoms with Crippen molar-refractivity contribution in [2.24, 2.45) is 0 Å². The summed E-state index contributed by atoms with van der Waals surface area (Å²) in [5, 5.41) is 0. The predicted molar refractivity (Wildman–Crippen MR) is 91.8 cm³/mol. The molecule has 0 amide bonds. The molecule has 4 aromatic rings. The van der Waals surface area contributed by atoms with E-state index in [2.05, 4.69) is 35.4 Å². The van der Waals surface area contributed by atoms with Crippen molar-refractivity contribution in [2.75, 3.05) is 0 Å². The maximum atomic E-state index is 12.0. The van der Waals surface area contributed by atoms with Gasteiger partial charge in [-0.3, -0.25) is 9.20 Å². The van der Waals surface area contributed by atoms with Gasteiger partial charge in [-0.25, -0.2) is 0 Å². The second-order valence-electron chi connectivity index (χ2n) is 5.42. The number of hydrogen-bond donors (Lipinski definition) is 0. The lowest BCUT2D eigenvalue weighted by Gasteiger charge is -2.08. The van der Waals surface area contributed by atoms with Crippen LogP contribution in [-0.4, -0.2) is 9.38 Å². The number of rotatable bonds is 1. The summed E-state index contributed by atoms with van der Waals surface area (Å²) in [6.45, 7) is 4.23. The first kappa shape index (κ1) is 13.2. The third-order valence-corrected chi connectivity index (χ3v) is 5.06. The van der Waals surface area contributed by atoms with E-state index in [9.17, 15) is 4.79 Å². The third kappa shape index (κ3) is 1.88. The maximum absolute atomic E-state index is 12.0. The zero-order chi connectivity index (χ0) is 15.3. The molecule has 0 saturated heterocycles. The summed E-state index contributed by atoms with van der Waals surface area (Å²) < 4.78 is 3.26. The third-order valence-electron chi connectivity index (χ3n) is 4.06. The topological polar surface area (TPSA) is 34.4 Å². The van der Waals surface area contributed by atoms with Crippen LogP contribution in [0.1, 0.15) is 11.1 Å². The molecule has 0 spiro atoms. The molecule has 0 atom stereocenters. The van der Waals surface area contributed by atoms with E-state index in [0.29, 0.717) is 0 Å². The molecule has 22 heavy (non-hydrogen) atoms. The number of hydrogen-bond acceptors (Lipinski definition) is 3. The monoisotopic (exact) mass is 306 g/mol. The van der Waals surface area contributed by atoms with Gasteiger partial charge in [-0.2, -0.15) is 4.98 Å². The Morgan fingerprint density at radius 1 is 1.05 bits per heavy atom. The maximum Gasteiger partial charge on any atom is 0.274 e. The second kappa shape index (κ2) is 4.78. The molecule has 0 saturated carbocycles. The van der Waals surface area contributed by atoms with Crippen molar-refractivity contribution in [2.45, 2.75) is 13.8 Å². The minimum absolute atomic E-state index is 0.195. The molecule has 2 aromatic heterocycles. The van der Waals surface area contributed by atoms with E-state index in [1.165, 1.54) is 11.1 Å². The van der Waals surface area contributed by atoms with Crippen molar-refractivity contribution in [1.82, 2.24) is 9.38 Å². The van der Waals surface area contributed by atoms with Crippen LogP contribution in [0.3, 0.4) is 0 Å². The van der Waals surface area contributed by atoms with Gasteiger partial charge < -0.3 is 0 Å². The Hall–Kier alpha value is -2.46. The molecule has 4 heteroatoms. The van der Waals surface area contributed by atoms with Crippen molar-refractivity contribution in [3.63, 3.8) is 0 Å². The minimum atomic E-state index is -0.195. The standard InChI is InChI=1S/C18H14N2OS/c1-11-8-9-15-17(12(11)2)20-14(13-6-4-3-5-7-13)10-16(21)19-18(20)22-15/h3-10H,1-2H3. The average Bonchev–Trinajstić information content (AvgIpc) is 2.90. The van der Waals surface area contributed by atoms with Crippen molar-refractivity contribution < 1.29 is 0 Å². The smallest absolute Gasteiger partial charge is 0.274 e. The molecule has 0 unspecified atom stereocenters. The highest BCUT2D eigenvalue weighted by molar-refractivity contribution is 7.23. The van der Waals surface area contributed by atoms with E-state index in [4.69, 9.17) is 0 Å². The molecule has 0 N–H and O–H groups in total. The lowest BCUT2D eigenvalue weighted by atomic mass is 10.1. The zero-order valence-electron chi connectivity index (χ0n) is 12.3. The first-order valence-electron chi connectivity index (χ1n) is 7.13. The molecule has 0 fully saturated rings. The summed E-state index contributed by atoms with van der Waals surface area (Å²) in [7, 11) is 0. The van der Waals surface area contributed by atoms with E-state index in [1.807, 2.05) is 30.3 Å². The largest absolute Gasteiger partial charge is 0.284 e. The Labute approximate surface area is 131 Å². The van der Waals surface area contributed by atoms with Crippen LogP contribution in [0.15, 0.2) is 53.3 Å². The fourth-order valence-electron chi connectivity index (χ4n) is 2.80. The molecule has 2 heterocycles. The number of aryl methyl sites for hydroxylation is 2. The summed E-state index contributed by atoms with van der Waals surface area (Å²) in [4.78, 5) is 16.9. The summed E-state index contributed by atoms with van der Waals surface area (Å²) in [6.07, 6.45) is 0. The van der Waals surface area contributed by atoms with Crippen molar-refractivity contribution in [1.29, 1.82) is 0 Å². The van der Waals surface area contributed by atoms with Gasteiger partial charge in [0, 0.05) is 6.07 Å². The summed E-state index contributed by atoms with van der Waals surface area (Å²) >= 11 is 1.56. The van der Waals surface area contributed by atoms with Gasteiger partial charge in [0.2, 0.25) is 0 Å². The molecule has 0 bridgehead atoms. The van der Waals surface area contributed by atoms with E-state index in [0.717, 1.165) is 26.4 Å². The second-order valence-corrected chi connectivity index (χ2v) is 6.43. The summed E-state index contributed by atoms with van der Waals surface area (Å²) in [6, 6.07) is 15.8. The fourth-order valence-corrected chi connectivity index (χ4v) is 3.89. The molecule has 4 rings (SSSR count). The Kier molecular flexibility index (Phi) is 2.87. The Morgan fingerprint density at radius 3 is 2.59 bits per heavy atom. The van der Waals surface area contributed by atoms with Gasteiger partial charge in [0.15, 0.2) is 4.96 Å². The lowest BCUT2D eigenvalue weighted by molar-refractivity contribution is 1.14. The molecule has 3 nitrogen and oxygen atoms in total. The average molecular weight is 306 g/mol. The first-order valence-corrected chi connectivity index (χ1v) is 7.95. The molecule has 0 radical (unpaired) electrons. The van der Waals surface area contributed by atoms with Crippen molar-refractivity contribution in [3.8, 4) is 11.3 Å². The normalized spacial score (nSPS) is 11.4. The van der Waals surface area contributed by atoms with Crippen LogP contribution in [0, 0.1) is 13.8 Å². The van der Waals surface area contributed by atoms with Crippen LogP contribution in [0.5, 0.6) is 0 Å². The molecule has 0 aliphatic heterocycles. The van der Waals surface area contributed by atoms with Gasteiger partial charge in [0.25, 0.3) is 5.56 Å². The van der Waals surface area contributed by atoms with Crippen LogP contribution < -0.4 is 5.56 Å². The first-order chi connectivity index (χ1) is 10.6. The highest BCUT2D eigenvalue weighted by Gasteiger charge is 2.14. The molecule has 2 aromatic carbocycles. The van der Waals surface area contributed by atoms with Gasteiger partial charge in [0.05, 0.1) is 15.9 Å². The zero-order valence-corrected chi connectivity index (χ0v) is 13.1. The molecular weight excluding hydrogens is 292 g/mol. The summed E-state index contributed by atoms with van der Waals surface area (Å²) in [5.41, 5.74) is 5.34. The molecule has 0 aliphatic carbocycles. The van der Waals surface area contributed by atoms with E-state index in [1.54, 1.807) is 17.4 Å². The van der Waals surface area contributed by atoms with Crippen LogP contribution >= 0.6 is 11.3 Å². The van der Waals surface area contributed by atoms with E-state index < -0.39 is 0 Å². The molecular formula is C18H14N2OS. The Balaban J connectivity index is 2.25. The quantitative estimate of drug-likeness (QED) is 0.528. The minimum Gasteiger partial charge on any atom is -0.284 e. The summed E-state index contributed by atoms with van der Waals surface area (Å²) in [5.74, 6) is 0. The van der Waals surface area contributed by atoms with Gasteiger partial charge in [-0.15, -0.1) is 0 Å². The molecule has 108 valence electrons. The predicted octanol–water partition coefficient (Wildman–Crippen LogP) is 4.19. The van der Waals surface area contributed by atoms with E-state index >= 15 is 0 Å². The van der Waals surface area contributed by atoms with Gasteiger partial charge in [-0.1, -0.05) is 47.7 Å². The highest BCUT2D eigenvalue weighted by Crippen LogP contribution is 2.32. The van der Waals surface area contributed by atoms with E-state index in [-0.39, 0.29) is 5.56 Å². The van der Waals surface area contributed by atoms with Crippen LogP contribution in [0.25, 0.3) is 26.4 Å². The molecule has 0 aliphatic rings. The number of thiazole rings is 1. The van der Waals surface area contributed by atoms with Crippen LogP contribution in [-0.2, 0) is 0 Å². The van der Waals surface area contributed by atoms with Crippen molar-refractivity contribution >= 4 is 26.5 Å². The number of aromatic nitrogens is 2. The lowest BCUT2D eigenvalue weighted by Crippen LogP contribution is -2.08. The van der Waals surface area contributed by atoms with Crippen LogP contribution in [0.4, 0.5) is 0 Å². The SMILES string of the molecule is Cc1ccc2sc3nc(=O)cc(-c4ccccc4)n3c2c1C. The van der Waals surface area contributed by atoms with Gasteiger partial charge in [0.1, 0.15) is 0 Å². The van der Waals surface area contributed by atoms with Crippen LogP contribution in [0.2, 0.25) is 0 Å².